The van der Waals surface area contributed by atoms with Crippen LogP contribution in [-0.2, 0) is 21.2 Å². The van der Waals surface area contributed by atoms with Gasteiger partial charge < -0.3 is 19.5 Å². The first-order chi connectivity index (χ1) is 18.4. The summed E-state index contributed by atoms with van der Waals surface area (Å²) in [5, 5.41) is 12.2. The second-order valence-corrected chi connectivity index (χ2v) is 12.7. The van der Waals surface area contributed by atoms with Gasteiger partial charge in [-0.3, -0.25) is 5.32 Å². The van der Waals surface area contributed by atoms with Gasteiger partial charge in [0.25, 0.3) is 10.0 Å². The lowest BCUT2D eigenvalue weighted by Crippen LogP contribution is -2.57. The van der Waals surface area contributed by atoms with E-state index in [9.17, 15) is 23.1 Å². The lowest BCUT2D eigenvalue weighted by atomic mass is 10.0. The first kappa shape index (κ1) is 29.0. The molecule has 39 heavy (non-hydrogen) atoms. The number of urea groups is 1. The van der Waals surface area contributed by atoms with Crippen molar-refractivity contribution in [3.05, 3.63) is 65.2 Å². The van der Waals surface area contributed by atoms with E-state index < -0.39 is 33.1 Å². The first-order valence-corrected chi connectivity index (χ1v) is 14.7. The number of nitrogens with one attached hydrogen (secondary N) is 2. The number of ether oxygens (including phenoxy) is 1. The molecule has 2 fully saturated rings. The van der Waals surface area contributed by atoms with Crippen LogP contribution in [0.4, 0.5) is 4.79 Å². The van der Waals surface area contributed by atoms with Crippen molar-refractivity contribution in [3.63, 3.8) is 0 Å². The maximum absolute atomic E-state index is 13.5. The molecule has 2 aromatic rings. The highest BCUT2D eigenvalue weighted by Gasteiger charge is 2.42. The third kappa shape index (κ3) is 6.96. The maximum Gasteiger partial charge on any atom is 0.335 e. The number of aliphatic hydroxyl groups is 1. The summed E-state index contributed by atoms with van der Waals surface area (Å²) < 4.78 is 31.5. The van der Waals surface area contributed by atoms with Crippen molar-refractivity contribution in [2.24, 2.45) is 0 Å². The average molecular weight is 559 g/mol. The van der Waals surface area contributed by atoms with Crippen LogP contribution >= 0.6 is 0 Å². The normalized spacial score (nSPS) is 19.7. The van der Waals surface area contributed by atoms with E-state index >= 15 is 0 Å². The van der Waals surface area contributed by atoms with E-state index in [-0.39, 0.29) is 18.9 Å². The predicted molar refractivity (Wildman–Crippen MR) is 147 cm³/mol. The van der Waals surface area contributed by atoms with E-state index in [1.165, 1.54) is 32.3 Å². The Hall–Kier alpha value is -2.99. The van der Waals surface area contributed by atoms with Gasteiger partial charge in [-0.05, 0) is 74.8 Å². The molecule has 2 aromatic carbocycles. The summed E-state index contributed by atoms with van der Waals surface area (Å²) in [7, 11) is -2.73. The van der Waals surface area contributed by atoms with Crippen LogP contribution in [0.25, 0.3) is 0 Å². The van der Waals surface area contributed by atoms with Gasteiger partial charge in [0, 0.05) is 12.6 Å². The molecule has 0 spiro atoms. The Kier molecular flexibility index (Phi) is 8.65. The Morgan fingerprint density at radius 3 is 2.26 bits per heavy atom. The standard InChI is InChI=1S/C28H38N4O6S/c1-19(28(2,3)35)29-26(18-33)39(36,37)30-32-17-25(23-11-9-22(10-12-23)21-7-8-21)31(27(32)34)16-15-20-5-13-24(38-4)14-6-20/h5-6,9-14,18-19,21,25-26,29-30,35H,7-8,15-17H2,1-4H3. The summed E-state index contributed by atoms with van der Waals surface area (Å²) in [6.45, 7) is 5.04. The highest BCUT2D eigenvalue weighted by atomic mass is 32.2. The second kappa shape index (κ2) is 11.6. The zero-order valence-electron chi connectivity index (χ0n) is 22.8. The van der Waals surface area contributed by atoms with Gasteiger partial charge in [-0.15, -0.1) is 4.83 Å². The lowest BCUT2D eigenvalue weighted by Gasteiger charge is -2.29. The summed E-state index contributed by atoms with van der Waals surface area (Å²) in [5.41, 5.74) is 1.92. The molecular formula is C28H38N4O6S. The number of hydrogen-bond acceptors (Lipinski definition) is 7. The number of amides is 2. The van der Waals surface area contributed by atoms with Gasteiger partial charge in [-0.2, -0.15) is 0 Å². The minimum Gasteiger partial charge on any atom is -0.497 e. The zero-order valence-corrected chi connectivity index (χ0v) is 23.6. The largest absolute Gasteiger partial charge is 0.497 e. The number of aldehydes is 1. The molecule has 212 valence electrons. The number of carbonyl (C=O) groups is 2. The molecule has 3 unspecified atom stereocenters. The molecule has 1 aliphatic heterocycles. The quantitative estimate of drug-likeness (QED) is 0.323. The van der Waals surface area contributed by atoms with Gasteiger partial charge in [0.05, 0.1) is 25.3 Å². The van der Waals surface area contributed by atoms with Crippen LogP contribution in [0.3, 0.4) is 0 Å². The topological polar surface area (TPSA) is 128 Å². The van der Waals surface area contributed by atoms with Gasteiger partial charge in [-0.25, -0.2) is 18.2 Å². The van der Waals surface area contributed by atoms with Crippen LogP contribution in [0.5, 0.6) is 5.75 Å². The van der Waals surface area contributed by atoms with E-state index in [4.69, 9.17) is 4.74 Å². The number of carbonyl (C=O) groups excluding carboxylic acids is 2. The number of sulfonamides is 1. The molecule has 1 saturated heterocycles. The van der Waals surface area contributed by atoms with Crippen molar-refractivity contribution in [2.45, 2.75) is 69.0 Å². The Morgan fingerprint density at radius 2 is 1.72 bits per heavy atom. The van der Waals surface area contributed by atoms with Crippen LogP contribution in [0.2, 0.25) is 0 Å². The van der Waals surface area contributed by atoms with Crippen molar-refractivity contribution >= 4 is 22.3 Å². The monoisotopic (exact) mass is 558 g/mol. The molecule has 2 amide bonds. The zero-order chi connectivity index (χ0) is 28.4. The fraction of sp³-hybridized carbons (Fsp3) is 0.500. The van der Waals surface area contributed by atoms with E-state index in [0.29, 0.717) is 18.9 Å². The van der Waals surface area contributed by atoms with E-state index in [2.05, 4.69) is 22.3 Å². The summed E-state index contributed by atoms with van der Waals surface area (Å²) in [6, 6.07) is 14.2. The van der Waals surface area contributed by atoms with Crippen molar-refractivity contribution in [1.29, 1.82) is 0 Å². The SMILES string of the molecule is COc1ccc(CCN2C(=O)N(NS(=O)(=O)C(C=O)NC(C)C(C)(C)O)CC2c2ccc(C3CC3)cc2)cc1. The highest BCUT2D eigenvalue weighted by Crippen LogP contribution is 2.40. The summed E-state index contributed by atoms with van der Waals surface area (Å²) in [4.78, 5) is 29.2. The fourth-order valence-corrected chi connectivity index (χ4v) is 5.67. The van der Waals surface area contributed by atoms with Crippen molar-refractivity contribution in [3.8, 4) is 5.75 Å². The van der Waals surface area contributed by atoms with Crippen LogP contribution in [0.1, 0.15) is 62.3 Å². The molecule has 1 aliphatic carbocycles. The van der Waals surface area contributed by atoms with Crippen molar-refractivity contribution in [2.75, 3.05) is 20.2 Å². The van der Waals surface area contributed by atoms with Gasteiger partial charge in [-0.1, -0.05) is 36.4 Å². The minimum absolute atomic E-state index is 0.0794. The summed E-state index contributed by atoms with van der Waals surface area (Å²) in [6.07, 6.45) is 3.18. The minimum atomic E-state index is -4.33. The number of hydrogen-bond donors (Lipinski definition) is 3. The molecule has 0 radical (unpaired) electrons. The number of methoxy groups -OCH3 is 1. The van der Waals surface area contributed by atoms with Gasteiger partial charge in [0.2, 0.25) is 0 Å². The van der Waals surface area contributed by atoms with Crippen molar-refractivity contribution < 1.29 is 27.9 Å². The van der Waals surface area contributed by atoms with Gasteiger partial charge in [0.1, 0.15) is 5.75 Å². The average Bonchev–Trinajstić information content (AvgIpc) is 3.71. The van der Waals surface area contributed by atoms with Gasteiger partial charge in [0.15, 0.2) is 11.7 Å². The van der Waals surface area contributed by atoms with Crippen LogP contribution in [0.15, 0.2) is 48.5 Å². The van der Waals surface area contributed by atoms with E-state index in [0.717, 1.165) is 21.9 Å². The molecule has 10 nitrogen and oxygen atoms in total. The Balaban J connectivity index is 1.53. The molecular weight excluding hydrogens is 520 g/mol. The molecule has 4 rings (SSSR count). The third-order valence-electron chi connectivity index (χ3n) is 7.55. The van der Waals surface area contributed by atoms with Crippen LogP contribution in [0, 0.1) is 0 Å². The Bertz CT molecular complexity index is 1260. The van der Waals surface area contributed by atoms with Crippen LogP contribution < -0.4 is 14.9 Å². The second-order valence-electron chi connectivity index (χ2n) is 10.9. The van der Waals surface area contributed by atoms with Gasteiger partial charge >= 0.3 is 6.03 Å². The predicted octanol–water partition coefficient (Wildman–Crippen LogP) is 2.70. The van der Waals surface area contributed by atoms with E-state index in [1.807, 2.05) is 36.4 Å². The Labute approximate surface area is 230 Å². The molecule has 2 aliphatic rings. The summed E-state index contributed by atoms with van der Waals surface area (Å²) >= 11 is 0. The molecule has 1 heterocycles. The number of nitrogens with zero attached hydrogens (tertiary/aromatic N) is 2. The smallest absolute Gasteiger partial charge is 0.335 e. The molecule has 0 aromatic heterocycles. The highest BCUT2D eigenvalue weighted by molar-refractivity contribution is 7.90. The first-order valence-electron chi connectivity index (χ1n) is 13.2. The molecule has 11 heteroatoms. The third-order valence-corrected chi connectivity index (χ3v) is 8.94. The van der Waals surface area contributed by atoms with Crippen LogP contribution in [-0.4, -0.2) is 73.0 Å². The number of benzene rings is 2. The fourth-order valence-electron chi connectivity index (χ4n) is 4.56. The maximum atomic E-state index is 13.5. The number of rotatable bonds is 13. The molecule has 3 N–H and O–H groups in total. The summed E-state index contributed by atoms with van der Waals surface area (Å²) in [5.74, 6) is 1.33. The molecule has 1 saturated carbocycles. The lowest BCUT2D eigenvalue weighted by molar-refractivity contribution is -0.108. The Morgan fingerprint density at radius 1 is 1.10 bits per heavy atom. The molecule has 0 bridgehead atoms. The van der Waals surface area contributed by atoms with Crippen molar-refractivity contribution in [1.82, 2.24) is 20.1 Å². The number of hydrazine groups is 1. The molecule has 3 atom stereocenters. The van der Waals surface area contributed by atoms with E-state index in [1.54, 1.807) is 18.9 Å².